The van der Waals surface area contributed by atoms with Crippen molar-refractivity contribution in [3.63, 3.8) is 0 Å². The summed E-state index contributed by atoms with van der Waals surface area (Å²) in [6.07, 6.45) is 7.21. The number of hydrogen-bond acceptors (Lipinski definition) is 2. The van der Waals surface area contributed by atoms with Gasteiger partial charge >= 0.3 is 0 Å². The van der Waals surface area contributed by atoms with Gasteiger partial charge in [0.15, 0.2) is 0 Å². The second-order valence-corrected chi connectivity index (χ2v) is 2.14. The van der Waals surface area contributed by atoms with E-state index in [1.165, 1.54) is 0 Å². The second kappa shape index (κ2) is 5.59. The number of nitroso groups, excluding NO2 is 1. The standard InChI is InChI=1S/C9H13NO/c1-4-6-7-9(10-11)8(3)5-2/h4-7H,1-3H3/b6-4-,8-5-,9-7+. The number of rotatable bonds is 3. The molecule has 0 aliphatic carbocycles. The Kier molecular flexibility index (Phi) is 4.99. The molecule has 0 aromatic carbocycles. The van der Waals surface area contributed by atoms with E-state index in [0.717, 1.165) is 5.57 Å². The van der Waals surface area contributed by atoms with Crippen molar-refractivity contribution in [3.05, 3.63) is 40.5 Å². The lowest BCUT2D eigenvalue weighted by Crippen LogP contribution is -1.77. The summed E-state index contributed by atoms with van der Waals surface area (Å²) in [5.74, 6) is 0. The Labute approximate surface area is 67.3 Å². The van der Waals surface area contributed by atoms with Gasteiger partial charge in [0.1, 0.15) is 5.70 Å². The number of hydrogen-bond donors (Lipinski definition) is 0. The maximum absolute atomic E-state index is 10.2. The zero-order chi connectivity index (χ0) is 8.69. The fraction of sp³-hybridized carbons (Fsp3) is 0.333. The van der Waals surface area contributed by atoms with Crippen LogP contribution in [0.15, 0.2) is 40.8 Å². The first-order chi connectivity index (χ1) is 5.26. The Morgan fingerprint density at radius 1 is 1.36 bits per heavy atom. The highest BCUT2D eigenvalue weighted by molar-refractivity contribution is 5.30. The first kappa shape index (κ1) is 9.82. The molecule has 0 aromatic heterocycles. The lowest BCUT2D eigenvalue weighted by molar-refractivity contribution is 1.26. The van der Waals surface area contributed by atoms with Gasteiger partial charge in [0, 0.05) is 0 Å². The molecule has 0 saturated heterocycles. The van der Waals surface area contributed by atoms with Crippen LogP contribution in [0.2, 0.25) is 0 Å². The zero-order valence-electron chi connectivity index (χ0n) is 7.16. The molecule has 0 rings (SSSR count). The van der Waals surface area contributed by atoms with E-state index in [0.29, 0.717) is 5.70 Å². The van der Waals surface area contributed by atoms with Crippen LogP contribution in [0, 0.1) is 4.91 Å². The van der Waals surface area contributed by atoms with Gasteiger partial charge in [-0.3, -0.25) is 0 Å². The topological polar surface area (TPSA) is 29.4 Å². The van der Waals surface area contributed by atoms with Crippen LogP contribution in [0.25, 0.3) is 0 Å². The first-order valence-corrected chi connectivity index (χ1v) is 3.55. The van der Waals surface area contributed by atoms with Crippen molar-refractivity contribution in [3.8, 4) is 0 Å². The summed E-state index contributed by atoms with van der Waals surface area (Å²) >= 11 is 0. The van der Waals surface area contributed by atoms with Gasteiger partial charge in [0.2, 0.25) is 0 Å². The van der Waals surface area contributed by atoms with Gasteiger partial charge in [0.05, 0.1) is 0 Å². The third-order valence-electron chi connectivity index (χ3n) is 1.38. The van der Waals surface area contributed by atoms with Crippen LogP contribution in [0.1, 0.15) is 20.8 Å². The lowest BCUT2D eigenvalue weighted by atomic mass is 10.2. The zero-order valence-corrected chi connectivity index (χ0v) is 7.16. The fourth-order valence-electron chi connectivity index (χ4n) is 0.569. The summed E-state index contributed by atoms with van der Waals surface area (Å²) in [5.41, 5.74) is 1.39. The monoisotopic (exact) mass is 151 g/mol. The first-order valence-electron chi connectivity index (χ1n) is 3.55. The molecule has 0 atom stereocenters. The van der Waals surface area contributed by atoms with E-state index in [4.69, 9.17) is 0 Å². The van der Waals surface area contributed by atoms with E-state index in [2.05, 4.69) is 5.18 Å². The highest BCUT2D eigenvalue weighted by atomic mass is 16.3. The van der Waals surface area contributed by atoms with Crippen molar-refractivity contribution in [1.82, 2.24) is 0 Å². The fourth-order valence-corrected chi connectivity index (χ4v) is 0.569. The molecule has 0 aliphatic rings. The minimum absolute atomic E-state index is 0.491. The van der Waals surface area contributed by atoms with Crippen molar-refractivity contribution in [2.75, 3.05) is 0 Å². The Balaban J connectivity index is 4.52. The van der Waals surface area contributed by atoms with E-state index in [9.17, 15) is 4.91 Å². The average Bonchev–Trinajstić information content (AvgIpc) is 2.05. The summed E-state index contributed by atoms with van der Waals surface area (Å²) in [5, 5.41) is 2.89. The van der Waals surface area contributed by atoms with Crippen molar-refractivity contribution >= 4 is 0 Å². The maximum Gasteiger partial charge on any atom is 0.110 e. The largest absolute Gasteiger partial charge is 0.145 e. The maximum atomic E-state index is 10.2. The van der Waals surface area contributed by atoms with Gasteiger partial charge in [0.25, 0.3) is 0 Å². The van der Waals surface area contributed by atoms with Gasteiger partial charge in [-0.15, -0.1) is 4.91 Å². The summed E-state index contributed by atoms with van der Waals surface area (Å²) < 4.78 is 0. The molecule has 2 nitrogen and oxygen atoms in total. The molecule has 0 saturated carbocycles. The molecular weight excluding hydrogens is 138 g/mol. The molecule has 11 heavy (non-hydrogen) atoms. The molecular formula is C9H13NO. The van der Waals surface area contributed by atoms with E-state index < -0.39 is 0 Å². The number of allylic oxidation sites excluding steroid dienone is 5. The molecule has 0 bridgehead atoms. The Morgan fingerprint density at radius 2 is 2.00 bits per heavy atom. The van der Waals surface area contributed by atoms with E-state index in [1.807, 2.05) is 32.9 Å². The van der Waals surface area contributed by atoms with Crippen molar-refractivity contribution in [2.24, 2.45) is 5.18 Å². The molecule has 2 heteroatoms. The summed E-state index contributed by atoms with van der Waals surface area (Å²) in [6.45, 7) is 5.63. The quantitative estimate of drug-likeness (QED) is 0.450. The SMILES string of the molecule is C\C=C/C=C(N=O)\C(C)=C/C. The molecule has 0 amide bonds. The summed E-state index contributed by atoms with van der Waals surface area (Å²) in [4.78, 5) is 10.2. The van der Waals surface area contributed by atoms with Crippen LogP contribution in [-0.2, 0) is 0 Å². The van der Waals surface area contributed by atoms with E-state index in [-0.39, 0.29) is 0 Å². The third kappa shape index (κ3) is 3.50. The molecule has 0 N–H and O–H groups in total. The van der Waals surface area contributed by atoms with Crippen LogP contribution < -0.4 is 0 Å². The van der Waals surface area contributed by atoms with Crippen LogP contribution in [0.5, 0.6) is 0 Å². The molecule has 0 aliphatic heterocycles. The predicted molar refractivity (Wildman–Crippen MR) is 48.1 cm³/mol. The minimum Gasteiger partial charge on any atom is -0.145 e. The van der Waals surface area contributed by atoms with Crippen LogP contribution in [0.4, 0.5) is 0 Å². The van der Waals surface area contributed by atoms with Gasteiger partial charge in [-0.05, 0) is 37.6 Å². The van der Waals surface area contributed by atoms with Gasteiger partial charge in [-0.1, -0.05) is 18.2 Å². The smallest absolute Gasteiger partial charge is 0.110 e. The van der Waals surface area contributed by atoms with Crippen LogP contribution >= 0.6 is 0 Å². The molecule has 0 radical (unpaired) electrons. The molecule has 0 fully saturated rings. The van der Waals surface area contributed by atoms with E-state index >= 15 is 0 Å². The highest BCUT2D eigenvalue weighted by Gasteiger charge is 1.94. The minimum atomic E-state index is 0.491. The normalized spacial score (nSPS) is 14.1. The molecule has 0 spiro atoms. The van der Waals surface area contributed by atoms with Crippen molar-refractivity contribution in [2.45, 2.75) is 20.8 Å². The molecule has 0 unspecified atom stereocenters. The summed E-state index contributed by atoms with van der Waals surface area (Å²) in [6, 6.07) is 0. The lowest BCUT2D eigenvalue weighted by Gasteiger charge is -1.93. The Hall–Kier alpha value is -1.18. The Morgan fingerprint density at radius 3 is 2.36 bits per heavy atom. The number of nitrogens with zero attached hydrogens (tertiary/aromatic N) is 1. The summed E-state index contributed by atoms with van der Waals surface area (Å²) in [7, 11) is 0. The van der Waals surface area contributed by atoms with Crippen LogP contribution in [0.3, 0.4) is 0 Å². The van der Waals surface area contributed by atoms with Crippen LogP contribution in [-0.4, -0.2) is 0 Å². The third-order valence-corrected chi connectivity index (χ3v) is 1.38. The van der Waals surface area contributed by atoms with Gasteiger partial charge in [-0.2, -0.15) is 0 Å². The van der Waals surface area contributed by atoms with Crippen molar-refractivity contribution < 1.29 is 0 Å². The highest BCUT2D eigenvalue weighted by Crippen LogP contribution is 2.09. The van der Waals surface area contributed by atoms with Gasteiger partial charge < -0.3 is 0 Å². The molecule has 0 aromatic rings. The average molecular weight is 151 g/mol. The predicted octanol–water partition coefficient (Wildman–Crippen LogP) is 3.18. The van der Waals surface area contributed by atoms with E-state index in [1.54, 1.807) is 12.2 Å². The molecule has 0 heterocycles. The van der Waals surface area contributed by atoms with Crippen molar-refractivity contribution in [1.29, 1.82) is 0 Å². The van der Waals surface area contributed by atoms with Gasteiger partial charge in [-0.25, -0.2) is 0 Å². The second-order valence-electron chi connectivity index (χ2n) is 2.14. The molecule has 60 valence electrons. The Bertz CT molecular complexity index is 212.